The molecule has 2 unspecified atom stereocenters. The van der Waals surface area contributed by atoms with E-state index in [-0.39, 0.29) is 6.04 Å². The summed E-state index contributed by atoms with van der Waals surface area (Å²) in [6.07, 6.45) is 4.99. The number of anilines is 1. The van der Waals surface area contributed by atoms with Crippen LogP contribution in [-0.4, -0.2) is 19.1 Å². The Morgan fingerprint density at radius 3 is 2.60 bits per heavy atom. The van der Waals surface area contributed by atoms with Gasteiger partial charge in [-0.05, 0) is 56.1 Å². The van der Waals surface area contributed by atoms with Gasteiger partial charge in [-0.25, -0.2) is 0 Å². The van der Waals surface area contributed by atoms with Gasteiger partial charge in [0, 0.05) is 24.8 Å². The van der Waals surface area contributed by atoms with Crippen molar-refractivity contribution in [3.05, 3.63) is 29.8 Å². The topological polar surface area (TPSA) is 29.3 Å². The number of hydrogen-bond acceptors (Lipinski definition) is 2. The minimum absolute atomic E-state index is 0.228. The van der Waals surface area contributed by atoms with Crippen LogP contribution in [0.25, 0.3) is 0 Å². The Morgan fingerprint density at radius 1 is 1.15 bits per heavy atom. The summed E-state index contributed by atoms with van der Waals surface area (Å²) in [7, 11) is 0. The highest BCUT2D eigenvalue weighted by Gasteiger charge is 2.20. The fraction of sp³-hybridized carbons (Fsp3) is 0.667. The van der Waals surface area contributed by atoms with Gasteiger partial charge >= 0.3 is 0 Å². The maximum Gasteiger partial charge on any atom is 0.0399 e. The summed E-state index contributed by atoms with van der Waals surface area (Å²) in [5.74, 6) is 1.70. The molecule has 1 aromatic carbocycles. The molecule has 0 amide bonds. The number of para-hydroxylation sites is 1. The van der Waals surface area contributed by atoms with Crippen molar-refractivity contribution < 1.29 is 0 Å². The van der Waals surface area contributed by atoms with E-state index in [4.69, 9.17) is 5.73 Å². The van der Waals surface area contributed by atoms with Crippen molar-refractivity contribution in [3.8, 4) is 0 Å². The zero-order chi connectivity index (χ0) is 14.5. The van der Waals surface area contributed by atoms with Crippen LogP contribution in [0.2, 0.25) is 0 Å². The van der Waals surface area contributed by atoms with Crippen LogP contribution in [0.1, 0.15) is 45.6 Å². The van der Waals surface area contributed by atoms with Crippen molar-refractivity contribution in [2.24, 2.45) is 17.6 Å². The Labute approximate surface area is 124 Å². The van der Waals surface area contributed by atoms with E-state index in [2.05, 4.69) is 49.9 Å². The van der Waals surface area contributed by atoms with Crippen LogP contribution in [0.3, 0.4) is 0 Å². The molecule has 1 aromatic rings. The number of hydrogen-bond donors (Lipinski definition) is 1. The molecule has 0 spiro atoms. The van der Waals surface area contributed by atoms with Gasteiger partial charge in [0.2, 0.25) is 0 Å². The van der Waals surface area contributed by atoms with E-state index in [0.29, 0.717) is 0 Å². The van der Waals surface area contributed by atoms with Gasteiger partial charge in [-0.15, -0.1) is 0 Å². The average Bonchev–Trinajstić information content (AvgIpc) is 2.64. The lowest BCUT2D eigenvalue weighted by Crippen LogP contribution is -2.27. The van der Waals surface area contributed by atoms with Crippen LogP contribution in [0.15, 0.2) is 24.3 Å². The molecule has 0 radical (unpaired) electrons. The predicted octanol–water partition coefficient (Wildman–Crippen LogP) is 3.84. The molecule has 1 aliphatic heterocycles. The minimum atomic E-state index is 0.228. The maximum atomic E-state index is 6.00. The molecular formula is C18H30N2. The largest absolute Gasteiger partial charge is 0.371 e. The van der Waals surface area contributed by atoms with Crippen LogP contribution in [0, 0.1) is 11.8 Å². The highest BCUT2D eigenvalue weighted by Crippen LogP contribution is 2.29. The molecule has 2 heteroatoms. The monoisotopic (exact) mass is 274 g/mol. The molecule has 2 nitrogen and oxygen atoms in total. The van der Waals surface area contributed by atoms with Gasteiger partial charge in [0.15, 0.2) is 0 Å². The number of benzene rings is 1. The molecule has 1 saturated heterocycles. The lowest BCUT2D eigenvalue weighted by atomic mass is 9.89. The van der Waals surface area contributed by atoms with Crippen molar-refractivity contribution in [2.75, 3.05) is 18.0 Å². The van der Waals surface area contributed by atoms with Gasteiger partial charge in [-0.3, -0.25) is 0 Å². The van der Waals surface area contributed by atoms with Gasteiger partial charge in [-0.1, -0.05) is 32.0 Å². The first kappa shape index (κ1) is 15.4. The summed E-state index contributed by atoms with van der Waals surface area (Å²) in [6, 6.07) is 9.03. The van der Waals surface area contributed by atoms with Crippen molar-refractivity contribution in [3.63, 3.8) is 0 Å². The summed E-state index contributed by atoms with van der Waals surface area (Å²) in [5, 5.41) is 0. The summed E-state index contributed by atoms with van der Waals surface area (Å²) >= 11 is 0. The standard InChI is InChI=1S/C18H30N2/c1-14(2)16-8-6-11-20(12-10-16)18-9-5-4-7-17(18)13-15(3)19/h4-5,7,9,14-16H,6,8,10-13,19H2,1-3H3. The molecule has 2 rings (SSSR count). The van der Waals surface area contributed by atoms with Crippen LogP contribution >= 0.6 is 0 Å². The molecule has 1 heterocycles. The second-order valence-corrected chi connectivity index (χ2v) is 6.73. The van der Waals surface area contributed by atoms with Gasteiger partial charge in [0.25, 0.3) is 0 Å². The molecule has 1 fully saturated rings. The molecule has 0 saturated carbocycles. The molecule has 112 valence electrons. The van der Waals surface area contributed by atoms with Crippen LogP contribution in [0.4, 0.5) is 5.69 Å². The highest BCUT2D eigenvalue weighted by atomic mass is 15.1. The summed E-state index contributed by atoms with van der Waals surface area (Å²) in [4.78, 5) is 2.58. The summed E-state index contributed by atoms with van der Waals surface area (Å²) in [5.41, 5.74) is 8.82. The predicted molar refractivity (Wildman–Crippen MR) is 88.2 cm³/mol. The summed E-state index contributed by atoms with van der Waals surface area (Å²) < 4.78 is 0. The van der Waals surface area contributed by atoms with Gasteiger partial charge < -0.3 is 10.6 Å². The van der Waals surface area contributed by atoms with Gasteiger partial charge in [0.05, 0.1) is 0 Å². The Morgan fingerprint density at radius 2 is 1.90 bits per heavy atom. The smallest absolute Gasteiger partial charge is 0.0399 e. The minimum Gasteiger partial charge on any atom is -0.371 e. The maximum absolute atomic E-state index is 6.00. The molecule has 1 aliphatic rings. The van der Waals surface area contributed by atoms with E-state index in [9.17, 15) is 0 Å². The third-order valence-electron chi connectivity index (χ3n) is 4.59. The Hall–Kier alpha value is -1.02. The van der Waals surface area contributed by atoms with E-state index in [1.165, 1.54) is 43.6 Å². The zero-order valence-electron chi connectivity index (χ0n) is 13.3. The highest BCUT2D eigenvalue weighted by molar-refractivity contribution is 5.54. The van der Waals surface area contributed by atoms with Crippen molar-refractivity contribution in [1.82, 2.24) is 0 Å². The fourth-order valence-corrected chi connectivity index (χ4v) is 3.37. The summed E-state index contributed by atoms with van der Waals surface area (Å²) in [6.45, 7) is 9.21. The van der Waals surface area contributed by atoms with Crippen molar-refractivity contribution in [2.45, 2.75) is 52.5 Å². The average molecular weight is 274 g/mol. The molecule has 2 N–H and O–H groups in total. The Kier molecular flexibility index (Phi) is 5.47. The normalized spacial score (nSPS) is 21.9. The lowest BCUT2D eigenvalue weighted by molar-refractivity contribution is 0.351. The fourth-order valence-electron chi connectivity index (χ4n) is 3.37. The van der Waals surface area contributed by atoms with E-state index in [1.54, 1.807) is 0 Å². The van der Waals surface area contributed by atoms with E-state index in [0.717, 1.165) is 18.3 Å². The molecule has 0 aliphatic carbocycles. The SMILES string of the molecule is CC(N)Cc1ccccc1N1CCCC(C(C)C)CC1. The van der Waals surface area contributed by atoms with E-state index >= 15 is 0 Å². The number of nitrogens with two attached hydrogens (primary N) is 1. The molecular weight excluding hydrogens is 244 g/mol. The van der Waals surface area contributed by atoms with Gasteiger partial charge in [-0.2, -0.15) is 0 Å². The van der Waals surface area contributed by atoms with Crippen molar-refractivity contribution >= 4 is 5.69 Å². The lowest BCUT2D eigenvalue weighted by Gasteiger charge is -2.26. The second kappa shape index (κ2) is 7.12. The zero-order valence-corrected chi connectivity index (χ0v) is 13.3. The second-order valence-electron chi connectivity index (χ2n) is 6.73. The molecule has 20 heavy (non-hydrogen) atoms. The first-order valence-electron chi connectivity index (χ1n) is 8.16. The quantitative estimate of drug-likeness (QED) is 0.904. The Balaban J connectivity index is 2.11. The van der Waals surface area contributed by atoms with Crippen LogP contribution in [-0.2, 0) is 6.42 Å². The molecule has 0 aromatic heterocycles. The third-order valence-corrected chi connectivity index (χ3v) is 4.59. The Bertz CT molecular complexity index is 412. The van der Waals surface area contributed by atoms with Gasteiger partial charge in [0.1, 0.15) is 0 Å². The molecule has 0 bridgehead atoms. The van der Waals surface area contributed by atoms with Crippen molar-refractivity contribution in [1.29, 1.82) is 0 Å². The molecule has 2 atom stereocenters. The van der Waals surface area contributed by atoms with Crippen LogP contribution < -0.4 is 10.6 Å². The van der Waals surface area contributed by atoms with Crippen LogP contribution in [0.5, 0.6) is 0 Å². The number of nitrogens with zero attached hydrogens (tertiary/aromatic N) is 1. The number of rotatable bonds is 4. The first-order valence-corrected chi connectivity index (χ1v) is 8.16. The first-order chi connectivity index (χ1) is 9.58. The van der Waals surface area contributed by atoms with E-state index < -0.39 is 0 Å². The third kappa shape index (κ3) is 3.99. The van der Waals surface area contributed by atoms with E-state index in [1.807, 2.05) is 0 Å².